The zero-order valence-corrected chi connectivity index (χ0v) is 10.6. The molecule has 0 saturated heterocycles. The maximum atomic E-state index is 4.28. The Bertz CT molecular complexity index is 665. The van der Waals surface area contributed by atoms with Gasteiger partial charge in [-0.3, -0.25) is 0 Å². The third kappa shape index (κ3) is 1.83. The van der Waals surface area contributed by atoms with Crippen LogP contribution in [0.3, 0.4) is 0 Å². The van der Waals surface area contributed by atoms with Crippen LogP contribution in [0.5, 0.6) is 0 Å². The number of benzene rings is 2. The van der Waals surface area contributed by atoms with Crippen molar-refractivity contribution in [1.82, 2.24) is 10.2 Å². The number of hydrogen-bond acceptors (Lipinski definition) is 2. The van der Waals surface area contributed by atoms with Crippen molar-refractivity contribution in [3.05, 3.63) is 59.2 Å². The maximum Gasteiger partial charge on any atom is 0.136 e. The molecule has 17 heavy (non-hydrogen) atoms. The van der Waals surface area contributed by atoms with Crippen LogP contribution in [0.15, 0.2) is 59.2 Å². The molecule has 3 heteroatoms. The van der Waals surface area contributed by atoms with Crippen LogP contribution in [0.1, 0.15) is 0 Å². The van der Waals surface area contributed by atoms with Gasteiger partial charge < -0.3 is 0 Å². The lowest BCUT2D eigenvalue weighted by molar-refractivity contribution is 1.03. The van der Waals surface area contributed by atoms with Crippen LogP contribution in [0, 0.1) is 0 Å². The molecule has 0 bridgehead atoms. The minimum absolute atomic E-state index is 0.785. The van der Waals surface area contributed by atoms with Crippen molar-refractivity contribution in [1.29, 1.82) is 0 Å². The van der Waals surface area contributed by atoms with Crippen LogP contribution < -0.4 is 0 Å². The molecule has 0 atom stereocenters. The summed E-state index contributed by atoms with van der Waals surface area (Å²) in [6, 6.07) is 18.2. The lowest BCUT2D eigenvalue weighted by Gasteiger charge is -2.05. The smallest absolute Gasteiger partial charge is 0.136 e. The molecule has 0 radical (unpaired) electrons. The highest BCUT2D eigenvalue weighted by atomic mass is 79.9. The molecule has 0 N–H and O–H groups in total. The van der Waals surface area contributed by atoms with Crippen LogP contribution in [0.25, 0.3) is 22.0 Å². The van der Waals surface area contributed by atoms with Gasteiger partial charge in [-0.1, -0.05) is 54.6 Å². The quantitative estimate of drug-likeness (QED) is 0.673. The number of hydrogen-bond donors (Lipinski definition) is 0. The lowest BCUT2D eigenvalue weighted by Crippen LogP contribution is -1.91. The van der Waals surface area contributed by atoms with E-state index in [1.165, 1.54) is 0 Å². The van der Waals surface area contributed by atoms with Gasteiger partial charge in [0, 0.05) is 16.3 Å². The predicted molar refractivity (Wildman–Crippen MR) is 72.7 cm³/mol. The standard InChI is InChI=1S/C14H9BrN2/c15-14-12-9-5-4-8-11(12)13(16-17-14)10-6-2-1-3-7-10/h1-9H. The van der Waals surface area contributed by atoms with Gasteiger partial charge in [0.05, 0.1) is 0 Å². The van der Waals surface area contributed by atoms with Gasteiger partial charge in [0.25, 0.3) is 0 Å². The first-order valence-corrected chi connectivity index (χ1v) is 6.12. The summed E-state index contributed by atoms with van der Waals surface area (Å²) in [5.41, 5.74) is 2.01. The Labute approximate surface area is 107 Å². The van der Waals surface area contributed by atoms with E-state index in [4.69, 9.17) is 0 Å². The van der Waals surface area contributed by atoms with Crippen molar-refractivity contribution in [3.8, 4) is 11.3 Å². The van der Waals surface area contributed by atoms with Crippen LogP contribution in [0.2, 0.25) is 0 Å². The number of aromatic nitrogens is 2. The fourth-order valence-corrected chi connectivity index (χ4v) is 2.31. The Kier molecular flexibility index (Phi) is 2.61. The second-order valence-corrected chi connectivity index (χ2v) is 4.50. The third-order valence-corrected chi connectivity index (χ3v) is 3.28. The van der Waals surface area contributed by atoms with E-state index in [1.54, 1.807) is 0 Å². The molecule has 0 aliphatic heterocycles. The first-order valence-electron chi connectivity index (χ1n) is 5.32. The molecule has 0 aliphatic carbocycles. The van der Waals surface area contributed by atoms with Crippen LogP contribution >= 0.6 is 15.9 Å². The molecule has 0 amide bonds. The first kappa shape index (κ1) is 10.4. The van der Waals surface area contributed by atoms with E-state index in [1.807, 2.05) is 48.5 Å². The van der Waals surface area contributed by atoms with E-state index in [2.05, 4.69) is 32.2 Å². The SMILES string of the molecule is Brc1nnc(-c2ccccc2)c2ccccc12. The predicted octanol–water partition coefficient (Wildman–Crippen LogP) is 4.06. The van der Waals surface area contributed by atoms with Crippen LogP contribution in [0.4, 0.5) is 0 Å². The summed E-state index contributed by atoms with van der Waals surface area (Å²) in [7, 11) is 0. The second kappa shape index (κ2) is 4.26. The highest BCUT2D eigenvalue weighted by Gasteiger charge is 2.08. The number of halogens is 1. The van der Waals surface area contributed by atoms with Crippen LogP contribution in [-0.2, 0) is 0 Å². The van der Waals surface area contributed by atoms with Crippen molar-refractivity contribution in [2.24, 2.45) is 0 Å². The molecule has 3 rings (SSSR count). The van der Waals surface area contributed by atoms with Gasteiger partial charge >= 0.3 is 0 Å². The summed E-state index contributed by atoms with van der Waals surface area (Å²) < 4.78 is 0.785. The minimum Gasteiger partial charge on any atom is -0.149 e. The van der Waals surface area contributed by atoms with Gasteiger partial charge in [-0.2, -0.15) is 0 Å². The van der Waals surface area contributed by atoms with Gasteiger partial charge in [-0.05, 0) is 15.9 Å². The van der Waals surface area contributed by atoms with E-state index >= 15 is 0 Å². The molecule has 0 spiro atoms. The molecule has 0 saturated carbocycles. The average molecular weight is 285 g/mol. The molecule has 82 valence electrons. The van der Waals surface area contributed by atoms with Crippen LogP contribution in [-0.4, -0.2) is 10.2 Å². The molecule has 2 aromatic carbocycles. The highest BCUT2D eigenvalue weighted by Crippen LogP contribution is 2.29. The van der Waals surface area contributed by atoms with Crippen molar-refractivity contribution in [3.63, 3.8) is 0 Å². The third-order valence-electron chi connectivity index (χ3n) is 2.69. The summed E-state index contributed by atoms with van der Waals surface area (Å²) in [4.78, 5) is 0. The highest BCUT2D eigenvalue weighted by molar-refractivity contribution is 9.10. The van der Waals surface area contributed by atoms with Crippen molar-refractivity contribution < 1.29 is 0 Å². The fraction of sp³-hybridized carbons (Fsp3) is 0. The van der Waals surface area contributed by atoms with E-state index in [9.17, 15) is 0 Å². The maximum absolute atomic E-state index is 4.28. The number of fused-ring (bicyclic) bond motifs is 1. The molecule has 1 heterocycles. The minimum atomic E-state index is 0.785. The monoisotopic (exact) mass is 284 g/mol. The molecule has 0 aliphatic rings. The summed E-state index contributed by atoms with van der Waals surface area (Å²) in [6.45, 7) is 0. The van der Waals surface area contributed by atoms with Crippen molar-refractivity contribution in [2.75, 3.05) is 0 Å². The molecule has 3 aromatic rings. The normalized spacial score (nSPS) is 10.6. The summed E-state index contributed by atoms with van der Waals surface area (Å²) >= 11 is 3.43. The Balaban J connectivity index is 2.35. The van der Waals surface area contributed by atoms with Gasteiger partial charge in [0.2, 0.25) is 0 Å². The number of rotatable bonds is 1. The molecule has 0 fully saturated rings. The van der Waals surface area contributed by atoms with E-state index in [0.29, 0.717) is 0 Å². The largest absolute Gasteiger partial charge is 0.149 e. The Morgan fingerprint density at radius 1 is 0.706 bits per heavy atom. The summed E-state index contributed by atoms with van der Waals surface area (Å²) in [5.74, 6) is 0. The first-order chi connectivity index (χ1) is 8.36. The Hall–Kier alpha value is -1.74. The van der Waals surface area contributed by atoms with Gasteiger partial charge in [0.15, 0.2) is 0 Å². The topological polar surface area (TPSA) is 25.8 Å². The van der Waals surface area contributed by atoms with Gasteiger partial charge in [0.1, 0.15) is 10.3 Å². The summed E-state index contributed by atoms with van der Waals surface area (Å²) in [5, 5.41) is 10.6. The summed E-state index contributed by atoms with van der Waals surface area (Å²) in [6.07, 6.45) is 0. The zero-order valence-electron chi connectivity index (χ0n) is 8.97. The zero-order chi connectivity index (χ0) is 11.7. The molecule has 2 nitrogen and oxygen atoms in total. The average Bonchev–Trinajstić information content (AvgIpc) is 2.41. The fourth-order valence-electron chi connectivity index (χ4n) is 1.88. The van der Waals surface area contributed by atoms with Crippen molar-refractivity contribution in [2.45, 2.75) is 0 Å². The lowest BCUT2D eigenvalue weighted by atomic mass is 10.1. The van der Waals surface area contributed by atoms with E-state index < -0.39 is 0 Å². The molecule has 0 unspecified atom stereocenters. The number of nitrogens with zero attached hydrogens (tertiary/aromatic N) is 2. The Morgan fingerprint density at radius 3 is 2.12 bits per heavy atom. The van der Waals surface area contributed by atoms with Crippen molar-refractivity contribution >= 4 is 26.7 Å². The molecular weight excluding hydrogens is 276 g/mol. The van der Waals surface area contributed by atoms with E-state index in [-0.39, 0.29) is 0 Å². The van der Waals surface area contributed by atoms with Gasteiger partial charge in [-0.25, -0.2) is 0 Å². The molecular formula is C14H9BrN2. The van der Waals surface area contributed by atoms with E-state index in [0.717, 1.165) is 26.6 Å². The van der Waals surface area contributed by atoms with Gasteiger partial charge in [-0.15, -0.1) is 10.2 Å². The Morgan fingerprint density at radius 2 is 1.35 bits per heavy atom. The molecule has 1 aromatic heterocycles. The second-order valence-electron chi connectivity index (χ2n) is 3.75.